The van der Waals surface area contributed by atoms with Crippen molar-refractivity contribution in [3.05, 3.63) is 12.1 Å². The molecular formula is C14H20N4O3. The lowest BCUT2D eigenvalue weighted by Gasteiger charge is -2.35. The fourth-order valence-electron chi connectivity index (χ4n) is 2.40. The largest absolute Gasteiger partial charge is 0.468 e. The van der Waals surface area contributed by atoms with E-state index >= 15 is 0 Å². The van der Waals surface area contributed by atoms with E-state index in [2.05, 4.69) is 9.88 Å². The van der Waals surface area contributed by atoms with Gasteiger partial charge in [-0.3, -0.25) is 4.79 Å². The molecule has 2 aliphatic heterocycles. The molecule has 7 nitrogen and oxygen atoms in total. The second kappa shape index (κ2) is 5.77. The molecule has 0 aromatic carbocycles. The molecule has 2 aliphatic rings. The number of rotatable bonds is 3. The Hall–Kier alpha value is -2.02. The monoisotopic (exact) mass is 292 g/mol. The molecule has 2 N–H and O–H groups in total. The maximum atomic E-state index is 11.3. The number of hydrogen-bond donors (Lipinski definition) is 1. The lowest BCUT2D eigenvalue weighted by atomic mass is 10.3. The van der Waals surface area contributed by atoms with Gasteiger partial charge in [0.1, 0.15) is 11.9 Å². The number of nitrogen functional groups attached to an aromatic ring is 1. The molecule has 1 aromatic heterocycles. The molecule has 0 aliphatic carbocycles. The number of nitrogens with zero attached hydrogens (tertiary/aromatic N) is 3. The Balaban J connectivity index is 1.68. The summed E-state index contributed by atoms with van der Waals surface area (Å²) in [5.41, 5.74) is 6.44. The van der Waals surface area contributed by atoms with Crippen molar-refractivity contribution < 1.29 is 14.3 Å². The van der Waals surface area contributed by atoms with Crippen LogP contribution in [0.15, 0.2) is 12.1 Å². The lowest BCUT2D eigenvalue weighted by Crippen LogP contribution is -2.48. The van der Waals surface area contributed by atoms with Crippen molar-refractivity contribution in [2.24, 2.45) is 0 Å². The molecule has 0 spiro atoms. The Bertz CT molecular complexity index is 525. The van der Waals surface area contributed by atoms with Crippen LogP contribution >= 0.6 is 0 Å². The van der Waals surface area contributed by atoms with Gasteiger partial charge < -0.3 is 25.0 Å². The molecule has 0 unspecified atom stereocenters. The van der Waals surface area contributed by atoms with E-state index < -0.39 is 0 Å². The van der Waals surface area contributed by atoms with Gasteiger partial charge in [-0.25, -0.2) is 0 Å². The first-order chi connectivity index (χ1) is 10.1. The predicted molar refractivity (Wildman–Crippen MR) is 78.4 cm³/mol. The minimum absolute atomic E-state index is 0.0459. The molecule has 114 valence electrons. The maximum Gasteiger partial charge on any atom is 0.239 e. The zero-order chi connectivity index (χ0) is 14.8. The van der Waals surface area contributed by atoms with E-state index in [1.165, 1.54) is 0 Å². The number of aromatic nitrogens is 1. The molecule has 3 rings (SSSR count). The highest BCUT2D eigenvalue weighted by Gasteiger charge is 2.24. The van der Waals surface area contributed by atoms with Crippen molar-refractivity contribution in [2.45, 2.75) is 13.0 Å². The highest BCUT2D eigenvalue weighted by atomic mass is 16.6. The summed E-state index contributed by atoms with van der Waals surface area (Å²) in [5, 5.41) is 0. The van der Waals surface area contributed by atoms with Gasteiger partial charge in [0.15, 0.2) is 0 Å². The van der Waals surface area contributed by atoms with E-state index in [1.54, 1.807) is 6.92 Å². The molecule has 0 radical (unpaired) electrons. The van der Waals surface area contributed by atoms with Gasteiger partial charge in [0.2, 0.25) is 11.8 Å². The SMILES string of the molecule is CC(=O)N1CCN(c2ccc(N)c(OC3COC3)n2)CC1. The first-order valence-electron chi connectivity index (χ1n) is 7.15. The Morgan fingerprint density at radius 2 is 2.05 bits per heavy atom. The number of piperazine rings is 1. The molecule has 7 heteroatoms. The fourth-order valence-corrected chi connectivity index (χ4v) is 2.40. The van der Waals surface area contributed by atoms with Crippen LogP contribution in [0.2, 0.25) is 0 Å². The summed E-state index contributed by atoms with van der Waals surface area (Å²) in [7, 11) is 0. The summed E-state index contributed by atoms with van der Waals surface area (Å²) in [4.78, 5) is 19.8. The number of carbonyl (C=O) groups excluding carboxylic acids is 1. The van der Waals surface area contributed by atoms with Gasteiger partial charge in [0.25, 0.3) is 0 Å². The quantitative estimate of drug-likeness (QED) is 0.851. The van der Waals surface area contributed by atoms with Gasteiger partial charge in [-0.15, -0.1) is 0 Å². The van der Waals surface area contributed by atoms with E-state index in [-0.39, 0.29) is 12.0 Å². The Kier molecular flexibility index (Phi) is 3.83. The van der Waals surface area contributed by atoms with E-state index in [4.69, 9.17) is 15.2 Å². The van der Waals surface area contributed by atoms with Crippen LogP contribution in [0.1, 0.15) is 6.92 Å². The van der Waals surface area contributed by atoms with Crippen LogP contribution in [0.3, 0.4) is 0 Å². The standard InChI is InChI=1S/C14H20N4O3/c1-10(19)17-4-6-18(7-5-17)13-3-2-12(15)14(16-13)21-11-8-20-9-11/h2-3,11H,4-9,15H2,1H3. The number of hydrogen-bond acceptors (Lipinski definition) is 6. The van der Waals surface area contributed by atoms with E-state index in [0.29, 0.717) is 37.9 Å². The van der Waals surface area contributed by atoms with E-state index in [1.807, 2.05) is 17.0 Å². The second-order valence-corrected chi connectivity index (χ2v) is 5.33. The van der Waals surface area contributed by atoms with E-state index in [0.717, 1.165) is 18.9 Å². The van der Waals surface area contributed by atoms with Gasteiger partial charge in [0, 0.05) is 33.1 Å². The number of nitrogens with two attached hydrogens (primary N) is 1. The molecule has 1 aromatic rings. The first kappa shape index (κ1) is 13.9. The van der Waals surface area contributed by atoms with Gasteiger partial charge in [0.05, 0.1) is 18.9 Å². The van der Waals surface area contributed by atoms with Crippen molar-refractivity contribution in [2.75, 3.05) is 50.0 Å². The topological polar surface area (TPSA) is 80.9 Å². The number of ether oxygens (including phenoxy) is 2. The zero-order valence-electron chi connectivity index (χ0n) is 12.1. The molecule has 21 heavy (non-hydrogen) atoms. The maximum absolute atomic E-state index is 11.3. The molecule has 1 amide bonds. The van der Waals surface area contributed by atoms with Gasteiger partial charge in [-0.1, -0.05) is 0 Å². The average Bonchev–Trinajstić information content (AvgIpc) is 2.44. The summed E-state index contributed by atoms with van der Waals surface area (Å²) in [6, 6.07) is 3.71. The molecule has 3 heterocycles. The number of carbonyl (C=O) groups is 1. The van der Waals surface area contributed by atoms with Crippen molar-refractivity contribution in [1.82, 2.24) is 9.88 Å². The molecule has 0 saturated carbocycles. The summed E-state index contributed by atoms with van der Waals surface area (Å²) in [6.07, 6.45) is 0.0459. The van der Waals surface area contributed by atoms with Gasteiger partial charge in [-0.2, -0.15) is 4.98 Å². The summed E-state index contributed by atoms with van der Waals surface area (Å²) >= 11 is 0. The fraction of sp³-hybridized carbons (Fsp3) is 0.571. The van der Waals surface area contributed by atoms with Gasteiger partial charge in [-0.05, 0) is 12.1 Å². The van der Waals surface area contributed by atoms with Crippen LogP contribution in [-0.2, 0) is 9.53 Å². The van der Waals surface area contributed by atoms with Crippen LogP contribution in [0.5, 0.6) is 5.88 Å². The number of amides is 1. The van der Waals surface area contributed by atoms with Crippen molar-refractivity contribution in [3.63, 3.8) is 0 Å². The summed E-state index contributed by atoms with van der Waals surface area (Å²) in [6.45, 7) is 5.74. The second-order valence-electron chi connectivity index (χ2n) is 5.33. The van der Waals surface area contributed by atoms with Crippen molar-refractivity contribution in [3.8, 4) is 5.88 Å². The molecule has 2 saturated heterocycles. The Morgan fingerprint density at radius 1 is 1.33 bits per heavy atom. The minimum atomic E-state index is 0.0459. The third-order valence-electron chi connectivity index (χ3n) is 3.81. The van der Waals surface area contributed by atoms with Crippen molar-refractivity contribution in [1.29, 1.82) is 0 Å². The van der Waals surface area contributed by atoms with Crippen LogP contribution < -0.4 is 15.4 Å². The average molecular weight is 292 g/mol. The normalized spacial score (nSPS) is 19.3. The highest BCUT2D eigenvalue weighted by molar-refractivity contribution is 5.73. The van der Waals surface area contributed by atoms with Crippen LogP contribution in [0, 0.1) is 0 Å². The summed E-state index contributed by atoms with van der Waals surface area (Å²) < 4.78 is 10.8. The summed E-state index contributed by atoms with van der Waals surface area (Å²) in [5.74, 6) is 1.42. The number of anilines is 2. The van der Waals surface area contributed by atoms with E-state index in [9.17, 15) is 4.79 Å². The van der Waals surface area contributed by atoms with Crippen molar-refractivity contribution >= 4 is 17.4 Å². The molecule has 2 fully saturated rings. The molecular weight excluding hydrogens is 272 g/mol. The minimum Gasteiger partial charge on any atom is -0.468 e. The third-order valence-corrected chi connectivity index (χ3v) is 3.81. The van der Waals surface area contributed by atoms with Gasteiger partial charge >= 0.3 is 0 Å². The van der Waals surface area contributed by atoms with Crippen LogP contribution in [0.25, 0.3) is 0 Å². The molecule has 0 atom stereocenters. The third kappa shape index (κ3) is 3.02. The van der Waals surface area contributed by atoms with Crippen LogP contribution in [-0.4, -0.2) is 61.3 Å². The smallest absolute Gasteiger partial charge is 0.239 e. The predicted octanol–water partition coefficient (Wildman–Crippen LogP) is 0.110. The Labute approximate surface area is 123 Å². The lowest BCUT2D eigenvalue weighted by molar-refractivity contribution is -0.129. The molecule has 0 bridgehead atoms. The Morgan fingerprint density at radius 3 is 2.62 bits per heavy atom. The van der Waals surface area contributed by atoms with Crippen LogP contribution in [0.4, 0.5) is 11.5 Å². The highest BCUT2D eigenvalue weighted by Crippen LogP contribution is 2.26. The number of pyridine rings is 1. The first-order valence-corrected chi connectivity index (χ1v) is 7.15. The zero-order valence-corrected chi connectivity index (χ0v) is 12.1.